The molecule has 0 aliphatic carbocycles. The van der Waals surface area contributed by atoms with E-state index >= 15 is 0 Å². The Morgan fingerprint density at radius 2 is 1.60 bits per heavy atom. The number of aromatic hydroxyl groups is 1. The molecular weight excluding hydrogens is 215 g/mol. The van der Waals surface area contributed by atoms with E-state index in [4.69, 9.17) is 25.3 Å². The number of benzene rings is 1. The molecule has 0 heterocycles. The van der Waals surface area contributed by atoms with Crippen molar-refractivity contribution in [3.63, 3.8) is 0 Å². The zero-order valence-corrected chi connectivity index (χ0v) is 9.15. The number of hydrogen-bond donors (Lipinski definition) is 5. The van der Waals surface area contributed by atoms with Crippen LogP contribution in [0.15, 0.2) is 24.3 Å². The fraction of sp³-hybridized carbons (Fsp3) is 0. The first-order chi connectivity index (χ1) is 6.45. The zero-order chi connectivity index (χ0) is 11.1. The molecule has 0 amide bonds. The Morgan fingerprint density at radius 1 is 1.20 bits per heavy atom. The van der Waals surface area contributed by atoms with Gasteiger partial charge in [0.05, 0.1) is 0 Å². The van der Waals surface area contributed by atoms with Crippen molar-refractivity contribution in [2.24, 2.45) is 0 Å². The first-order valence-corrected chi connectivity index (χ1v) is 3.50. The number of aromatic carboxylic acids is 1. The van der Waals surface area contributed by atoms with Crippen molar-refractivity contribution in [3.8, 4) is 5.75 Å². The predicted octanol–water partition coefficient (Wildman–Crippen LogP) is -1.12. The van der Waals surface area contributed by atoms with Crippen molar-refractivity contribution in [2.75, 3.05) is 0 Å². The summed E-state index contributed by atoms with van der Waals surface area (Å²) in [6, 6.07) is 5.81. The van der Waals surface area contributed by atoms with E-state index in [9.17, 15) is 4.79 Å². The fourth-order valence-corrected chi connectivity index (χ4v) is 0.654. The Morgan fingerprint density at radius 3 is 1.87 bits per heavy atom. The number of rotatable bonds is 1. The molecule has 0 bridgehead atoms. The molecule has 1 aromatic carbocycles. The van der Waals surface area contributed by atoms with Gasteiger partial charge in [0.25, 0.3) is 0 Å². The quantitative estimate of drug-likeness (QED) is 0.387. The number of carbonyl (C=O) groups is 1. The molecule has 0 unspecified atom stereocenters. The molecule has 0 fully saturated rings. The number of hydrogen-bond acceptors (Lipinski definition) is 5. The molecule has 6 nitrogen and oxygen atoms in total. The molecule has 1 aromatic rings. The molecule has 15 heavy (non-hydrogen) atoms. The van der Waals surface area contributed by atoms with Gasteiger partial charge in [0, 0.05) is 0 Å². The van der Waals surface area contributed by atoms with Crippen molar-refractivity contribution in [1.29, 1.82) is 0 Å². The molecule has 80 valence electrons. The molecule has 0 saturated heterocycles. The largest absolute Gasteiger partial charge is 2.00 e. The maximum absolute atomic E-state index is 10.3. The van der Waals surface area contributed by atoms with Gasteiger partial charge in [0.2, 0.25) is 0 Å². The summed E-state index contributed by atoms with van der Waals surface area (Å²) in [5, 5.41) is 38.8. The van der Waals surface area contributed by atoms with Gasteiger partial charge in [0.15, 0.2) is 0 Å². The maximum atomic E-state index is 10.3. The summed E-state index contributed by atoms with van der Waals surface area (Å²) < 4.78 is 0. The second kappa shape index (κ2) is 8.50. The van der Waals surface area contributed by atoms with E-state index in [0.717, 1.165) is 0 Å². The van der Waals surface area contributed by atoms with Crippen molar-refractivity contribution in [1.82, 2.24) is 0 Å². The van der Waals surface area contributed by atoms with E-state index < -0.39 is 13.3 Å². The van der Waals surface area contributed by atoms with E-state index in [2.05, 4.69) is 0 Å². The normalized spacial score (nSPS) is 7.93. The van der Waals surface area contributed by atoms with Crippen LogP contribution in [0.1, 0.15) is 13.2 Å². The Kier molecular flexibility index (Phi) is 9.43. The van der Waals surface area contributed by atoms with Crippen LogP contribution in [0.2, 0.25) is 0 Å². The molecule has 5 N–H and O–H groups in total. The van der Waals surface area contributed by atoms with Gasteiger partial charge < -0.3 is 28.1 Å². The Hall–Kier alpha value is -0.799. The van der Waals surface area contributed by atoms with Gasteiger partial charge in [0.1, 0.15) is 11.3 Å². The molecule has 0 aromatic heterocycles. The van der Waals surface area contributed by atoms with E-state index in [1.165, 1.54) is 12.1 Å². The molecule has 0 atom stereocenters. The predicted molar refractivity (Wildman–Crippen MR) is 55.5 cm³/mol. The summed E-state index contributed by atoms with van der Waals surface area (Å²) in [6.45, 7) is 0. The van der Waals surface area contributed by atoms with Gasteiger partial charge >= 0.3 is 36.3 Å². The Labute approximate surface area is 105 Å². The van der Waals surface area contributed by atoms with Gasteiger partial charge in [-0.05, 0) is 12.1 Å². The van der Waals surface area contributed by atoms with Crippen LogP contribution in [-0.4, -0.2) is 61.6 Å². The van der Waals surface area contributed by atoms with Crippen LogP contribution in [0, 0.1) is 0 Å². The van der Waals surface area contributed by atoms with Crippen LogP contribution in [-0.2, 0) is 0 Å². The van der Waals surface area contributed by atoms with Gasteiger partial charge in [-0.1, -0.05) is 12.1 Å². The summed E-state index contributed by atoms with van der Waals surface area (Å²) in [5.41, 5.74) is -0.0671. The number of para-hydroxylation sites is 1. The second-order valence-electron chi connectivity index (χ2n) is 2.17. The Bertz CT molecular complexity index is 311. The molecule has 8 heteroatoms. The van der Waals surface area contributed by atoms with Crippen molar-refractivity contribution >= 4 is 36.3 Å². The van der Waals surface area contributed by atoms with Crippen molar-refractivity contribution in [3.05, 3.63) is 29.8 Å². The SMILES string of the molecule is O=C(O)c1ccccc1O.OB(O)O.[H-].[H-].[Mg+2]. The smallest absolute Gasteiger partial charge is 1.00 e. The third-order valence-electron chi connectivity index (χ3n) is 1.13. The van der Waals surface area contributed by atoms with Gasteiger partial charge in [-0.25, -0.2) is 4.79 Å². The first kappa shape index (κ1) is 16.6. The average molecular weight is 226 g/mol. The van der Waals surface area contributed by atoms with Crippen LogP contribution >= 0.6 is 0 Å². The molecule has 0 aliphatic heterocycles. The van der Waals surface area contributed by atoms with Crippen LogP contribution in [0.4, 0.5) is 0 Å². The molecule has 0 saturated carbocycles. The number of carboxylic acids is 1. The number of phenols is 1. The Balaban J connectivity index is -0.000000108. The molecule has 0 aliphatic rings. The van der Waals surface area contributed by atoms with Crippen LogP contribution < -0.4 is 0 Å². The van der Waals surface area contributed by atoms with E-state index in [1.807, 2.05) is 0 Å². The van der Waals surface area contributed by atoms with Crippen molar-refractivity contribution < 1.29 is 32.9 Å². The molecule has 1 rings (SSSR count). The van der Waals surface area contributed by atoms with Crippen molar-refractivity contribution in [2.45, 2.75) is 0 Å². The van der Waals surface area contributed by atoms with Crippen LogP contribution in [0.5, 0.6) is 5.75 Å². The minimum absolute atomic E-state index is 0. The van der Waals surface area contributed by atoms with Crippen LogP contribution in [0.3, 0.4) is 0 Å². The minimum Gasteiger partial charge on any atom is -1.00 e. The summed E-state index contributed by atoms with van der Waals surface area (Å²) >= 11 is 0. The average Bonchev–Trinajstić information content (AvgIpc) is 2.03. The monoisotopic (exact) mass is 226 g/mol. The maximum Gasteiger partial charge on any atom is 2.00 e. The van der Waals surface area contributed by atoms with Gasteiger partial charge in [-0.15, -0.1) is 0 Å². The van der Waals surface area contributed by atoms with Gasteiger partial charge in [-0.3, -0.25) is 0 Å². The summed E-state index contributed by atoms with van der Waals surface area (Å²) in [5.74, 6) is -1.31. The van der Waals surface area contributed by atoms with E-state index in [1.54, 1.807) is 12.1 Å². The standard InChI is InChI=1S/C7H6O3.BH3O3.Mg.2H/c8-6-4-2-1-3-5(6)7(9)10;2-1(3)4;;;/h1-4,8H,(H,9,10);2-4H;;;/q;;+2;2*-1. The summed E-state index contributed by atoms with van der Waals surface area (Å²) in [4.78, 5) is 10.3. The number of carboxylic acid groups (broad SMARTS) is 1. The first-order valence-electron chi connectivity index (χ1n) is 3.50. The topological polar surface area (TPSA) is 118 Å². The summed E-state index contributed by atoms with van der Waals surface area (Å²) in [6.07, 6.45) is 0. The molecule has 0 spiro atoms. The summed E-state index contributed by atoms with van der Waals surface area (Å²) in [7, 11) is -2.17. The fourth-order valence-electron chi connectivity index (χ4n) is 0.654. The molecule has 0 radical (unpaired) electrons. The third kappa shape index (κ3) is 8.21. The zero-order valence-electron chi connectivity index (χ0n) is 9.74. The van der Waals surface area contributed by atoms with Crippen LogP contribution in [0.25, 0.3) is 0 Å². The second-order valence-corrected chi connectivity index (χ2v) is 2.17. The third-order valence-corrected chi connectivity index (χ3v) is 1.13. The van der Waals surface area contributed by atoms with Gasteiger partial charge in [-0.2, -0.15) is 0 Å². The molecular formula is C7H11BMgO6. The minimum atomic E-state index is -2.17. The van der Waals surface area contributed by atoms with E-state index in [0.29, 0.717) is 0 Å². The van der Waals surface area contributed by atoms with E-state index in [-0.39, 0.29) is 37.2 Å².